The number of halogens is 3. The van der Waals surface area contributed by atoms with Crippen LogP contribution in [0.3, 0.4) is 0 Å². The predicted octanol–water partition coefficient (Wildman–Crippen LogP) is 1.04. The van der Waals surface area contributed by atoms with Gasteiger partial charge < -0.3 is 4.74 Å². The number of hydrazine groups is 3. The quantitative estimate of drug-likeness (QED) is 0.731. The van der Waals surface area contributed by atoms with E-state index in [9.17, 15) is 18.0 Å². The number of amides is 2. The molecule has 2 rings (SSSR count). The van der Waals surface area contributed by atoms with Gasteiger partial charge in [0.25, 0.3) is 0 Å². The first-order valence-electron chi connectivity index (χ1n) is 4.42. The Morgan fingerprint density at radius 3 is 2.65 bits per heavy atom. The van der Waals surface area contributed by atoms with Gasteiger partial charge in [0.1, 0.15) is 5.75 Å². The molecule has 1 saturated heterocycles. The summed E-state index contributed by atoms with van der Waals surface area (Å²) in [4.78, 5) is 10.8. The number of carbonyl (C=O) groups excluding carboxylic acids is 1. The number of anilines is 1. The lowest BCUT2D eigenvalue weighted by molar-refractivity contribution is -0.274. The van der Waals surface area contributed by atoms with Gasteiger partial charge in [0.15, 0.2) is 0 Å². The molecule has 17 heavy (non-hydrogen) atoms. The molecule has 3 N–H and O–H groups in total. The third-order valence-corrected chi connectivity index (χ3v) is 1.80. The Kier molecular flexibility index (Phi) is 2.68. The molecule has 6 nitrogen and oxygen atoms in total. The van der Waals surface area contributed by atoms with Crippen LogP contribution < -0.4 is 26.2 Å². The van der Waals surface area contributed by atoms with Crippen molar-refractivity contribution >= 4 is 11.7 Å². The van der Waals surface area contributed by atoms with E-state index in [-0.39, 0.29) is 11.4 Å². The zero-order chi connectivity index (χ0) is 12.5. The summed E-state index contributed by atoms with van der Waals surface area (Å²) < 4.78 is 39.7. The maximum absolute atomic E-state index is 12.0. The molecule has 2 amide bonds. The maximum atomic E-state index is 12.0. The van der Waals surface area contributed by atoms with Crippen LogP contribution in [0.25, 0.3) is 0 Å². The van der Waals surface area contributed by atoms with Crippen LogP contribution >= 0.6 is 0 Å². The molecule has 0 spiro atoms. The lowest BCUT2D eigenvalue weighted by atomic mass is 10.3. The van der Waals surface area contributed by atoms with Gasteiger partial charge in [0.05, 0.1) is 5.69 Å². The lowest BCUT2D eigenvalue weighted by Gasteiger charge is -2.16. The van der Waals surface area contributed by atoms with E-state index in [1.807, 2.05) is 0 Å². The van der Waals surface area contributed by atoms with Crippen LogP contribution in [0.4, 0.5) is 23.7 Å². The van der Waals surface area contributed by atoms with Crippen LogP contribution in [0.1, 0.15) is 0 Å². The summed E-state index contributed by atoms with van der Waals surface area (Å²) in [5.74, 6) is -0.377. The van der Waals surface area contributed by atoms with Crippen molar-refractivity contribution in [2.24, 2.45) is 0 Å². The SMILES string of the molecule is O=C1NNN(c2cccc(OC(F)(F)F)c2)N1. The summed E-state index contributed by atoms with van der Waals surface area (Å²) in [7, 11) is 0. The summed E-state index contributed by atoms with van der Waals surface area (Å²) >= 11 is 0. The Balaban J connectivity index is 2.14. The highest BCUT2D eigenvalue weighted by molar-refractivity contribution is 5.78. The van der Waals surface area contributed by atoms with Gasteiger partial charge in [0, 0.05) is 6.07 Å². The summed E-state index contributed by atoms with van der Waals surface area (Å²) in [6.07, 6.45) is -4.75. The highest BCUT2D eigenvalue weighted by Crippen LogP contribution is 2.25. The molecule has 0 bridgehead atoms. The fourth-order valence-corrected chi connectivity index (χ4v) is 1.21. The van der Waals surface area contributed by atoms with E-state index in [2.05, 4.69) is 21.1 Å². The number of benzene rings is 1. The van der Waals surface area contributed by atoms with Crippen molar-refractivity contribution in [2.75, 3.05) is 5.12 Å². The minimum Gasteiger partial charge on any atom is -0.406 e. The van der Waals surface area contributed by atoms with Crippen molar-refractivity contribution in [1.29, 1.82) is 0 Å². The Hall–Kier alpha value is -2.16. The van der Waals surface area contributed by atoms with Crippen molar-refractivity contribution in [3.8, 4) is 5.75 Å². The zero-order valence-corrected chi connectivity index (χ0v) is 8.21. The fraction of sp³-hybridized carbons (Fsp3) is 0.125. The van der Waals surface area contributed by atoms with Crippen LogP contribution in [0.15, 0.2) is 24.3 Å². The van der Waals surface area contributed by atoms with Gasteiger partial charge in [-0.25, -0.2) is 10.2 Å². The topological polar surface area (TPSA) is 65.6 Å². The molecule has 1 aliphatic heterocycles. The highest BCUT2D eigenvalue weighted by atomic mass is 19.4. The number of carbonyl (C=O) groups is 1. The molecule has 92 valence electrons. The number of urea groups is 1. The van der Waals surface area contributed by atoms with Crippen molar-refractivity contribution in [2.45, 2.75) is 6.36 Å². The minimum atomic E-state index is -4.75. The van der Waals surface area contributed by atoms with E-state index in [0.717, 1.165) is 17.3 Å². The van der Waals surface area contributed by atoms with E-state index in [4.69, 9.17) is 0 Å². The summed E-state index contributed by atoms with van der Waals surface area (Å²) in [5.41, 5.74) is 7.18. The van der Waals surface area contributed by atoms with Crippen molar-refractivity contribution in [3.05, 3.63) is 24.3 Å². The number of hydrogen-bond donors (Lipinski definition) is 3. The molecule has 0 aromatic heterocycles. The first-order valence-corrected chi connectivity index (χ1v) is 4.42. The van der Waals surface area contributed by atoms with Gasteiger partial charge in [-0.1, -0.05) is 6.07 Å². The van der Waals surface area contributed by atoms with E-state index < -0.39 is 12.4 Å². The smallest absolute Gasteiger partial charge is 0.406 e. The Bertz CT molecular complexity index is 437. The molecule has 1 aromatic rings. The average molecular weight is 248 g/mol. The predicted molar refractivity (Wildman–Crippen MR) is 50.4 cm³/mol. The van der Waals surface area contributed by atoms with Crippen molar-refractivity contribution in [1.82, 2.24) is 16.4 Å². The molecule has 1 fully saturated rings. The second kappa shape index (κ2) is 4.01. The molecule has 1 aromatic carbocycles. The average Bonchev–Trinajstić information content (AvgIpc) is 2.63. The van der Waals surface area contributed by atoms with E-state index in [0.29, 0.717) is 0 Å². The zero-order valence-electron chi connectivity index (χ0n) is 8.21. The Labute approximate surface area is 93.2 Å². The molecule has 9 heteroatoms. The molecule has 0 unspecified atom stereocenters. The number of nitrogens with zero attached hydrogens (tertiary/aromatic N) is 1. The van der Waals surface area contributed by atoms with Gasteiger partial charge in [-0.2, -0.15) is 5.12 Å². The maximum Gasteiger partial charge on any atom is 0.573 e. The van der Waals surface area contributed by atoms with Crippen LogP contribution in [0.2, 0.25) is 0 Å². The van der Waals surface area contributed by atoms with Gasteiger partial charge in [-0.05, 0) is 12.1 Å². The number of alkyl halides is 3. The summed E-state index contributed by atoms with van der Waals surface area (Å²) in [6, 6.07) is 4.61. The van der Waals surface area contributed by atoms with Crippen LogP contribution in [-0.4, -0.2) is 12.4 Å². The highest BCUT2D eigenvalue weighted by Gasteiger charge is 2.31. The van der Waals surface area contributed by atoms with Crippen molar-refractivity contribution in [3.63, 3.8) is 0 Å². The van der Waals surface area contributed by atoms with Gasteiger partial charge in [0.2, 0.25) is 0 Å². The van der Waals surface area contributed by atoms with E-state index in [1.54, 1.807) is 0 Å². The Morgan fingerprint density at radius 2 is 2.06 bits per heavy atom. The van der Waals surface area contributed by atoms with Gasteiger partial charge in [-0.3, -0.25) is 5.43 Å². The fourth-order valence-electron chi connectivity index (χ4n) is 1.21. The Morgan fingerprint density at radius 1 is 1.29 bits per heavy atom. The minimum absolute atomic E-state index is 0.283. The molecule has 0 saturated carbocycles. The van der Waals surface area contributed by atoms with Crippen LogP contribution in [0.5, 0.6) is 5.75 Å². The molecular formula is C8H7F3N4O2. The molecule has 1 heterocycles. The number of rotatable bonds is 2. The largest absolute Gasteiger partial charge is 0.573 e. The van der Waals surface area contributed by atoms with Crippen molar-refractivity contribution < 1.29 is 22.7 Å². The summed E-state index contributed by atoms with van der Waals surface area (Å²) in [5, 5.41) is 1.12. The number of ether oxygens (including phenoxy) is 1. The lowest BCUT2D eigenvalue weighted by Crippen LogP contribution is -2.40. The van der Waals surface area contributed by atoms with Crippen LogP contribution in [-0.2, 0) is 0 Å². The third-order valence-electron chi connectivity index (χ3n) is 1.80. The molecule has 0 radical (unpaired) electrons. The second-order valence-corrected chi connectivity index (χ2v) is 3.06. The molecule has 1 aliphatic rings. The first-order chi connectivity index (χ1) is 7.94. The van der Waals surface area contributed by atoms with Gasteiger partial charge >= 0.3 is 12.4 Å². The first kappa shape index (κ1) is 11.3. The van der Waals surface area contributed by atoms with Gasteiger partial charge in [-0.15, -0.1) is 18.7 Å². The van der Waals surface area contributed by atoms with E-state index >= 15 is 0 Å². The molecule has 0 atom stereocenters. The normalized spacial score (nSPS) is 15.5. The third kappa shape index (κ3) is 2.91. The van der Waals surface area contributed by atoms with Crippen LogP contribution in [0, 0.1) is 0 Å². The van der Waals surface area contributed by atoms with E-state index in [1.165, 1.54) is 12.1 Å². The summed E-state index contributed by atoms with van der Waals surface area (Å²) in [6.45, 7) is 0. The standard InChI is InChI=1S/C8H7F3N4O2/c9-8(10,11)17-6-3-1-2-5(4-6)15-13-7(16)12-14-15/h1-4,14H,(H2,12,13,16). The number of nitrogens with one attached hydrogen (secondary N) is 3. The monoisotopic (exact) mass is 248 g/mol. The molecular weight excluding hydrogens is 241 g/mol. The number of hydrogen-bond acceptors (Lipinski definition) is 4. The second-order valence-electron chi connectivity index (χ2n) is 3.06. The molecule has 0 aliphatic carbocycles.